The Morgan fingerprint density at radius 3 is 2.91 bits per heavy atom. The average molecular weight is 355 g/mol. The first-order valence-electron chi connectivity index (χ1n) is 7.40. The van der Waals surface area contributed by atoms with Gasteiger partial charge in [-0.3, -0.25) is 4.79 Å². The Balaban J connectivity index is 0.00000192. The van der Waals surface area contributed by atoms with Crippen molar-refractivity contribution in [1.29, 1.82) is 0 Å². The summed E-state index contributed by atoms with van der Waals surface area (Å²) < 4.78 is 1.71. The van der Waals surface area contributed by atoms with Gasteiger partial charge in [-0.15, -0.1) is 12.4 Å². The van der Waals surface area contributed by atoms with Gasteiger partial charge in [0.05, 0.1) is 23.1 Å². The Morgan fingerprint density at radius 2 is 2.26 bits per heavy atom. The van der Waals surface area contributed by atoms with Crippen LogP contribution in [0.2, 0.25) is 5.02 Å². The number of nitrogens with zero attached hydrogens (tertiary/aromatic N) is 2. The Hall–Kier alpha value is -1.56. The highest BCUT2D eigenvalue weighted by Crippen LogP contribution is 2.31. The molecule has 2 aromatic rings. The topological polar surface area (TPSA) is 72.9 Å². The molecular formula is C16H20Cl2N4O. The average Bonchev–Trinajstić information content (AvgIpc) is 3.27. The van der Waals surface area contributed by atoms with Gasteiger partial charge in [0.15, 0.2) is 0 Å². The highest BCUT2D eigenvalue weighted by Gasteiger charge is 2.28. The summed E-state index contributed by atoms with van der Waals surface area (Å²) in [4.78, 5) is 12.3. The maximum Gasteiger partial charge on any atom is 0.254 e. The van der Waals surface area contributed by atoms with Crippen molar-refractivity contribution in [2.45, 2.75) is 25.8 Å². The summed E-state index contributed by atoms with van der Waals surface area (Å²) in [5, 5.41) is 7.82. The quantitative estimate of drug-likeness (QED) is 0.866. The standard InChI is InChI=1S/C16H19ClN4O.ClH/c1-10-14(16(22)19-9-15(18)11-5-6-11)8-20-21(10)13-4-2-3-12(17)7-13;/h2-4,7-8,11,15H,5-6,9,18H2,1H3,(H,19,22);1H. The molecule has 0 aliphatic heterocycles. The first-order valence-corrected chi connectivity index (χ1v) is 7.78. The molecule has 1 aromatic carbocycles. The number of carbonyl (C=O) groups is 1. The number of hydrogen-bond acceptors (Lipinski definition) is 3. The number of amides is 1. The van der Waals surface area contributed by atoms with Crippen LogP contribution in [0.25, 0.3) is 5.69 Å². The van der Waals surface area contributed by atoms with Crippen LogP contribution in [0, 0.1) is 12.8 Å². The molecule has 7 heteroatoms. The Bertz CT molecular complexity index is 697. The summed E-state index contributed by atoms with van der Waals surface area (Å²) in [6, 6.07) is 7.42. The van der Waals surface area contributed by atoms with Gasteiger partial charge in [-0.05, 0) is 43.9 Å². The van der Waals surface area contributed by atoms with Crippen LogP contribution in [0.5, 0.6) is 0 Å². The van der Waals surface area contributed by atoms with Crippen LogP contribution >= 0.6 is 24.0 Å². The van der Waals surface area contributed by atoms with Crippen LogP contribution < -0.4 is 11.1 Å². The van der Waals surface area contributed by atoms with Gasteiger partial charge in [0, 0.05) is 17.6 Å². The van der Waals surface area contributed by atoms with Gasteiger partial charge in [-0.2, -0.15) is 5.10 Å². The predicted octanol–water partition coefficient (Wildman–Crippen LogP) is 2.72. The molecule has 5 nitrogen and oxygen atoms in total. The van der Waals surface area contributed by atoms with Crippen LogP contribution in [0.4, 0.5) is 0 Å². The molecule has 0 spiro atoms. The molecule has 0 radical (unpaired) electrons. The Kier molecular flexibility index (Phi) is 5.68. The van der Waals surface area contributed by atoms with E-state index < -0.39 is 0 Å². The molecule has 1 aliphatic rings. The van der Waals surface area contributed by atoms with E-state index in [1.807, 2.05) is 25.1 Å². The number of nitrogens with two attached hydrogens (primary N) is 1. The number of benzene rings is 1. The van der Waals surface area contributed by atoms with Crippen LogP contribution in [0.3, 0.4) is 0 Å². The molecule has 1 fully saturated rings. The molecule has 23 heavy (non-hydrogen) atoms. The minimum absolute atomic E-state index is 0. The highest BCUT2D eigenvalue weighted by molar-refractivity contribution is 6.30. The lowest BCUT2D eigenvalue weighted by Crippen LogP contribution is -2.38. The summed E-state index contributed by atoms with van der Waals surface area (Å²) in [6.07, 6.45) is 3.92. The Labute approximate surface area is 146 Å². The SMILES string of the molecule is Cc1c(C(=O)NCC(N)C2CC2)cnn1-c1cccc(Cl)c1.Cl. The molecule has 1 aliphatic carbocycles. The van der Waals surface area contributed by atoms with Crippen molar-refractivity contribution in [3.8, 4) is 5.69 Å². The highest BCUT2D eigenvalue weighted by atomic mass is 35.5. The van der Waals surface area contributed by atoms with E-state index in [0.717, 1.165) is 11.4 Å². The van der Waals surface area contributed by atoms with E-state index in [2.05, 4.69) is 10.4 Å². The first-order chi connectivity index (χ1) is 10.6. The van der Waals surface area contributed by atoms with Crippen molar-refractivity contribution in [1.82, 2.24) is 15.1 Å². The molecule has 1 heterocycles. The van der Waals surface area contributed by atoms with Gasteiger partial charge in [0.1, 0.15) is 0 Å². The molecule has 1 unspecified atom stereocenters. The van der Waals surface area contributed by atoms with Crippen molar-refractivity contribution in [2.75, 3.05) is 6.54 Å². The molecule has 3 rings (SSSR count). The molecule has 1 amide bonds. The summed E-state index contributed by atoms with van der Waals surface area (Å²) in [6.45, 7) is 2.37. The van der Waals surface area contributed by atoms with Crippen molar-refractivity contribution in [3.63, 3.8) is 0 Å². The second kappa shape index (κ2) is 7.34. The monoisotopic (exact) mass is 354 g/mol. The zero-order chi connectivity index (χ0) is 15.7. The van der Waals surface area contributed by atoms with E-state index in [9.17, 15) is 4.79 Å². The van der Waals surface area contributed by atoms with E-state index in [1.165, 1.54) is 12.8 Å². The van der Waals surface area contributed by atoms with E-state index in [-0.39, 0.29) is 24.4 Å². The number of nitrogens with one attached hydrogen (secondary N) is 1. The van der Waals surface area contributed by atoms with Crippen molar-refractivity contribution in [2.24, 2.45) is 11.7 Å². The summed E-state index contributed by atoms with van der Waals surface area (Å²) >= 11 is 6.00. The van der Waals surface area contributed by atoms with Crippen LogP contribution in [0.1, 0.15) is 28.9 Å². The van der Waals surface area contributed by atoms with E-state index >= 15 is 0 Å². The van der Waals surface area contributed by atoms with Crippen molar-refractivity contribution in [3.05, 3.63) is 46.7 Å². The molecule has 124 valence electrons. The molecular weight excluding hydrogens is 335 g/mol. The number of hydrogen-bond donors (Lipinski definition) is 2. The molecule has 1 atom stereocenters. The van der Waals surface area contributed by atoms with Crippen molar-refractivity contribution < 1.29 is 4.79 Å². The zero-order valence-corrected chi connectivity index (χ0v) is 14.4. The third kappa shape index (κ3) is 4.05. The minimum atomic E-state index is -0.137. The zero-order valence-electron chi connectivity index (χ0n) is 12.8. The van der Waals surface area contributed by atoms with E-state index in [4.69, 9.17) is 17.3 Å². The maximum absolute atomic E-state index is 12.3. The molecule has 1 saturated carbocycles. The summed E-state index contributed by atoms with van der Waals surface area (Å²) in [5.41, 5.74) is 8.17. The van der Waals surface area contributed by atoms with Gasteiger partial charge in [-0.1, -0.05) is 17.7 Å². The summed E-state index contributed by atoms with van der Waals surface area (Å²) in [7, 11) is 0. The fourth-order valence-electron chi connectivity index (χ4n) is 2.50. The molecule has 0 bridgehead atoms. The maximum atomic E-state index is 12.3. The van der Waals surface area contributed by atoms with Crippen LogP contribution in [-0.2, 0) is 0 Å². The summed E-state index contributed by atoms with van der Waals surface area (Å²) in [5.74, 6) is 0.428. The normalized spacial score (nSPS) is 14.9. The number of rotatable bonds is 5. The number of halogens is 2. The van der Waals surface area contributed by atoms with Crippen LogP contribution in [0.15, 0.2) is 30.5 Å². The second-order valence-electron chi connectivity index (χ2n) is 5.75. The van der Waals surface area contributed by atoms with Gasteiger partial charge in [0.25, 0.3) is 5.91 Å². The van der Waals surface area contributed by atoms with Gasteiger partial charge >= 0.3 is 0 Å². The van der Waals surface area contributed by atoms with E-state index in [1.54, 1.807) is 16.9 Å². The van der Waals surface area contributed by atoms with Gasteiger partial charge in [-0.25, -0.2) is 4.68 Å². The molecule has 3 N–H and O–H groups in total. The lowest BCUT2D eigenvalue weighted by atomic mass is 10.2. The predicted molar refractivity (Wildman–Crippen MR) is 93.6 cm³/mol. The minimum Gasteiger partial charge on any atom is -0.350 e. The van der Waals surface area contributed by atoms with Gasteiger partial charge < -0.3 is 11.1 Å². The molecule has 1 aromatic heterocycles. The van der Waals surface area contributed by atoms with E-state index in [0.29, 0.717) is 23.0 Å². The number of carbonyl (C=O) groups excluding carboxylic acids is 1. The fraction of sp³-hybridized carbons (Fsp3) is 0.375. The fourth-order valence-corrected chi connectivity index (χ4v) is 2.68. The van der Waals surface area contributed by atoms with Crippen molar-refractivity contribution >= 4 is 29.9 Å². The van der Waals surface area contributed by atoms with Gasteiger partial charge in [0.2, 0.25) is 0 Å². The van der Waals surface area contributed by atoms with Crippen LogP contribution in [-0.4, -0.2) is 28.3 Å². The third-order valence-corrected chi connectivity index (χ3v) is 4.27. The first kappa shape index (κ1) is 17.8. The Morgan fingerprint density at radius 1 is 1.52 bits per heavy atom. The third-order valence-electron chi connectivity index (χ3n) is 4.03. The lowest BCUT2D eigenvalue weighted by molar-refractivity contribution is 0.0949. The largest absolute Gasteiger partial charge is 0.350 e. The smallest absolute Gasteiger partial charge is 0.254 e. The second-order valence-corrected chi connectivity index (χ2v) is 6.18. The molecule has 0 saturated heterocycles. The number of aromatic nitrogens is 2. The lowest BCUT2D eigenvalue weighted by Gasteiger charge is -2.11.